The molecule has 6 nitrogen and oxygen atoms in total. The van der Waals surface area contributed by atoms with Crippen molar-refractivity contribution in [2.24, 2.45) is 4.99 Å². The van der Waals surface area contributed by atoms with Crippen LogP contribution in [-0.2, 0) is 6.42 Å². The molecular weight excluding hydrogens is 485 g/mol. The molecule has 0 saturated carbocycles. The molecule has 0 aromatic carbocycles. The molecule has 1 saturated heterocycles. The molecule has 8 heteroatoms. The Labute approximate surface area is 189 Å². The predicted octanol–water partition coefficient (Wildman–Crippen LogP) is 4.02. The zero-order valence-corrected chi connectivity index (χ0v) is 20.1. The maximum Gasteiger partial charge on any atom is 0.191 e. The molecule has 0 spiro atoms. The van der Waals surface area contributed by atoms with E-state index < -0.39 is 0 Å². The minimum absolute atomic E-state index is 0. The van der Waals surface area contributed by atoms with Crippen molar-refractivity contribution in [3.63, 3.8) is 0 Å². The van der Waals surface area contributed by atoms with Crippen LogP contribution in [0.3, 0.4) is 0 Å². The number of hydrogen-bond acceptors (Lipinski definition) is 5. The number of aliphatic imine (C=N–C) groups is 1. The molecule has 3 heterocycles. The molecule has 156 valence electrons. The van der Waals surface area contributed by atoms with Gasteiger partial charge < -0.3 is 15.1 Å². The van der Waals surface area contributed by atoms with Gasteiger partial charge in [-0.05, 0) is 38.1 Å². The van der Waals surface area contributed by atoms with E-state index in [1.165, 1.54) is 17.8 Å². The summed E-state index contributed by atoms with van der Waals surface area (Å²) in [6, 6.07) is 4.27. The Kier molecular flexibility index (Phi) is 9.73. The zero-order valence-electron chi connectivity index (χ0n) is 17.0. The summed E-state index contributed by atoms with van der Waals surface area (Å²) in [5, 5.41) is 10.2. The second-order valence-corrected chi connectivity index (χ2v) is 8.13. The van der Waals surface area contributed by atoms with Crippen LogP contribution in [0.1, 0.15) is 55.1 Å². The molecule has 2 aromatic rings. The molecule has 28 heavy (non-hydrogen) atoms. The molecule has 1 fully saturated rings. The van der Waals surface area contributed by atoms with Gasteiger partial charge in [0.1, 0.15) is 5.76 Å². The number of rotatable bonds is 8. The van der Waals surface area contributed by atoms with Gasteiger partial charge >= 0.3 is 0 Å². The molecule has 0 bridgehead atoms. The van der Waals surface area contributed by atoms with Gasteiger partial charge in [-0.25, -0.2) is 4.98 Å². The monoisotopic (exact) mass is 517 g/mol. The van der Waals surface area contributed by atoms with E-state index in [1.54, 1.807) is 17.6 Å². The van der Waals surface area contributed by atoms with Crippen LogP contribution >= 0.6 is 35.3 Å². The van der Waals surface area contributed by atoms with Gasteiger partial charge in [0.05, 0.1) is 23.0 Å². The van der Waals surface area contributed by atoms with Gasteiger partial charge in [0.25, 0.3) is 0 Å². The first-order valence-corrected chi connectivity index (χ1v) is 10.7. The number of hydrogen-bond donors (Lipinski definition) is 2. The highest BCUT2D eigenvalue weighted by Gasteiger charge is 2.25. The summed E-state index contributed by atoms with van der Waals surface area (Å²) in [6.07, 6.45) is 5.18. The van der Waals surface area contributed by atoms with Crippen LogP contribution in [0.15, 0.2) is 33.2 Å². The Morgan fingerprint density at radius 1 is 1.32 bits per heavy atom. The van der Waals surface area contributed by atoms with Crippen molar-refractivity contribution >= 4 is 41.3 Å². The highest BCUT2D eigenvalue weighted by atomic mass is 127. The molecule has 0 amide bonds. The first-order valence-electron chi connectivity index (χ1n) is 9.83. The van der Waals surface area contributed by atoms with Gasteiger partial charge in [0.15, 0.2) is 5.96 Å². The maximum absolute atomic E-state index is 5.69. The summed E-state index contributed by atoms with van der Waals surface area (Å²) < 4.78 is 5.69. The van der Waals surface area contributed by atoms with Crippen LogP contribution < -0.4 is 10.6 Å². The van der Waals surface area contributed by atoms with E-state index >= 15 is 0 Å². The summed E-state index contributed by atoms with van der Waals surface area (Å²) >= 11 is 1.75. The molecule has 1 atom stereocenters. The highest BCUT2D eigenvalue weighted by molar-refractivity contribution is 14.0. The third kappa shape index (κ3) is 6.45. The Morgan fingerprint density at radius 2 is 2.11 bits per heavy atom. The number of halogens is 1. The number of thiazole rings is 1. The summed E-state index contributed by atoms with van der Waals surface area (Å²) in [6.45, 7) is 8.21. The van der Waals surface area contributed by atoms with Crippen molar-refractivity contribution in [3.05, 3.63) is 40.2 Å². The van der Waals surface area contributed by atoms with Crippen LogP contribution in [0.4, 0.5) is 0 Å². The van der Waals surface area contributed by atoms with Gasteiger partial charge in [0.2, 0.25) is 0 Å². The van der Waals surface area contributed by atoms with Crippen LogP contribution in [0.2, 0.25) is 0 Å². The quantitative estimate of drug-likeness (QED) is 0.315. The first-order chi connectivity index (χ1) is 13.2. The molecule has 3 rings (SSSR count). The van der Waals surface area contributed by atoms with Crippen LogP contribution in [0, 0.1) is 0 Å². The summed E-state index contributed by atoms with van der Waals surface area (Å²) in [5.74, 6) is 2.34. The van der Waals surface area contributed by atoms with E-state index in [2.05, 4.69) is 45.8 Å². The lowest BCUT2D eigenvalue weighted by Crippen LogP contribution is -2.43. The lowest BCUT2D eigenvalue weighted by atomic mass is 10.2. The molecule has 1 unspecified atom stereocenters. The Hall–Kier alpha value is -1.13. The number of aromatic nitrogens is 1. The van der Waals surface area contributed by atoms with Crippen molar-refractivity contribution < 1.29 is 4.42 Å². The van der Waals surface area contributed by atoms with Gasteiger partial charge in [-0.15, -0.1) is 35.3 Å². The molecule has 1 aliphatic heterocycles. The van der Waals surface area contributed by atoms with Crippen LogP contribution in [0.5, 0.6) is 0 Å². The maximum atomic E-state index is 5.69. The van der Waals surface area contributed by atoms with Gasteiger partial charge in [0, 0.05) is 37.9 Å². The van der Waals surface area contributed by atoms with E-state index in [0.29, 0.717) is 5.92 Å². The number of nitrogens with zero attached hydrogens (tertiary/aromatic N) is 3. The Morgan fingerprint density at radius 3 is 2.71 bits per heavy atom. The van der Waals surface area contributed by atoms with E-state index in [0.717, 1.165) is 50.0 Å². The van der Waals surface area contributed by atoms with Crippen molar-refractivity contribution in [1.82, 2.24) is 20.5 Å². The van der Waals surface area contributed by atoms with E-state index in [-0.39, 0.29) is 30.0 Å². The normalized spacial score (nSPS) is 16.2. The average molecular weight is 517 g/mol. The number of likely N-dealkylation sites (tertiary alicyclic amines) is 1. The van der Waals surface area contributed by atoms with Crippen molar-refractivity contribution in [1.29, 1.82) is 0 Å². The number of nitrogens with one attached hydrogen (secondary N) is 2. The summed E-state index contributed by atoms with van der Waals surface area (Å²) in [5.41, 5.74) is 1.15. The Balaban J connectivity index is 0.00000280. The number of guanidine groups is 1. The smallest absolute Gasteiger partial charge is 0.191 e. The largest absolute Gasteiger partial charge is 0.468 e. The molecular formula is C20H32IN5OS. The molecule has 2 N–H and O–H groups in total. The Bertz CT molecular complexity index is 710. The fourth-order valence-corrected chi connectivity index (χ4v) is 4.24. The minimum atomic E-state index is 0. The fraction of sp³-hybridized carbons (Fsp3) is 0.600. The lowest BCUT2D eigenvalue weighted by Gasteiger charge is -2.26. The van der Waals surface area contributed by atoms with Crippen molar-refractivity contribution in [2.45, 2.75) is 45.1 Å². The first kappa shape index (κ1) is 23.2. The van der Waals surface area contributed by atoms with Crippen molar-refractivity contribution in [3.8, 4) is 0 Å². The summed E-state index contributed by atoms with van der Waals surface area (Å²) in [7, 11) is 1.81. The van der Waals surface area contributed by atoms with Crippen LogP contribution in [0.25, 0.3) is 0 Å². The second kappa shape index (κ2) is 11.8. The van der Waals surface area contributed by atoms with Gasteiger partial charge in [-0.1, -0.05) is 13.8 Å². The molecule has 0 radical (unpaired) electrons. The summed E-state index contributed by atoms with van der Waals surface area (Å²) in [4.78, 5) is 11.5. The topological polar surface area (TPSA) is 65.7 Å². The number of furan rings is 1. The van der Waals surface area contributed by atoms with E-state index in [1.807, 2.05) is 13.1 Å². The van der Waals surface area contributed by atoms with E-state index in [4.69, 9.17) is 9.40 Å². The second-order valence-electron chi connectivity index (χ2n) is 7.24. The highest BCUT2D eigenvalue weighted by Crippen LogP contribution is 2.24. The third-order valence-electron chi connectivity index (χ3n) is 4.88. The predicted molar refractivity (Wildman–Crippen MR) is 127 cm³/mol. The van der Waals surface area contributed by atoms with E-state index in [9.17, 15) is 0 Å². The SMILES string of the molecule is CN=C(NCCc1csc(C(C)C)n1)NCC(c1ccco1)N1CCCC1.I. The third-order valence-corrected chi connectivity index (χ3v) is 6.07. The van der Waals surface area contributed by atoms with Gasteiger partial charge in [-0.2, -0.15) is 0 Å². The fourth-order valence-electron chi connectivity index (χ4n) is 3.37. The lowest BCUT2D eigenvalue weighted by molar-refractivity contribution is 0.215. The average Bonchev–Trinajstić information content (AvgIpc) is 3.42. The van der Waals surface area contributed by atoms with Gasteiger partial charge in [-0.3, -0.25) is 9.89 Å². The standard InChI is InChI=1S/C20H31N5OS.HI/c1-15(2)19-24-16(14-27-19)8-9-22-20(21-3)23-13-17(18-7-6-12-26-18)25-10-4-5-11-25;/h6-7,12,14-15,17H,4-5,8-11,13H2,1-3H3,(H2,21,22,23);1H. The molecule has 2 aromatic heterocycles. The zero-order chi connectivity index (χ0) is 19.1. The molecule has 0 aliphatic carbocycles. The molecule has 1 aliphatic rings. The van der Waals surface area contributed by atoms with Crippen LogP contribution in [-0.4, -0.2) is 49.1 Å². The minimum Gasteiger partial charge on any atom is -0.468 e. The van der Waals surface area contributed by atoms with Crippen molar-refractivity contribution in [2.75, 3.05) is 33.2 Å².